The highest BCUT2D eigenvalue weighted by atomic mass is 32.1. The smallest absolute Gasteiger partial charge is 0.336 e. The number of carbonyl (C=O) groups is 1. The lowest BCUT2D eigenvalue weighted by atomic mass is 10.5. The molecule has 0 radical (unpaired) electrons. The van der Waals surface area contributed by atoms with Gasteiger partial charge in [0.25, 0.3) is 0 Å². The van der Waals surface area contributed by atoms with Gasteiger partial charge in [0.05, 0.1) is 7.11 Å². The molecule has 0 aromatic carbocycles. The molecule has 96 valence electrons. The fourth-order valence-corrected chi connectivity index (χ4v) is 2.04. The van der Waals surface area contributed by atoms with E-state index in [-0.39, 0.29) is 29.3 Å². The van der Waals surface area contributed by atoms with Crippen LogP contribution in [0.5, 0.6) is 6.01 Å². The summed E-state index contributed by atoms with van der Waals surface area (Å²) in [4.78, 5) is 26.8. The molecule has 0 unspecified atom stereocenters. The van der Waals surface area contributed by atoms with Crippen molar-refractivity contribution in [3.05, 3.63) is 20.7 Å². The van der Waals surface area contributed by atoms with Crippen molar-refractivity contribution in [2.24, 2.45) is 0 Å². The molecular formula is C9H11N5O3S. The Bertz CT molecular complexity index is 614. The summed E-state index contributed by atoms with van der Waals surface area (Å²) in [6.07, 6.45) is 0. The van der Waals surface area contributed by atoms with Gasteiger partial charge in [-0.2, -0.15) is 4.98 Å². The van der Waals surface area contributed by atoms with Crippen molar-refractivity contribution in [3.63, 3.8) is 0 Å². The van der Waals surface area contributed by atoms with Gasteiger partial charge in [-0.05, 0) is 6.92 Å². The molecule has 0 spiro atoms. The number of nitrogens with one attached hydrogen (secondary N) is 2. The minimum absolute atomic E-state index is 0.0584. The first kappa shape index (κ1) is 12.3. The maximum Gasteiger partial charge on any atom is 0.336 e. The molecule has 18 heavy (non-hydrogen) atoms. The fourth-order valence-electron chi connectivity index (χ4n) is 1.30. The van der Waals surface area contributed by atoms with Gasteiger partial charge < -0.3 is 4.74 Å². The Morgan fingerprint density at radius 3 is 3.00 bits per heavy atom. The van der Waals surface area contributed by atoms with E-state index in [4.69, 9.17) is 4.74 Å². The lowest BCUT2D eigenvalue weighted by Gasteiger charge is -2.03. The van der Waals surface area contributed by atoms with Gasteiger partial charge in [0, 0.05) is 11.1 Å². The molecule has 0 saturated heterocycles. The van der Waals surface area contributed by atoms with E-state index in [0.29, 0.717) is 0 Å². The third-order valence-electron chi connectivity index (χ3n) is 2.18. The van der Waals surface area contributed by atoms with Crippen molar-refractivity contribution in [3.8, 4) is 6.01 Å². The minimum atomic E-state index is -0.364. The van der Waals surface area contributed by atoms with Crippen molar-refractivity contribution < 1.29 is 9.53 Å². The molecule has 0 atom stereocenters. The molecule has 0 aliphatic carbocycles. The van der Waals surface area contributed by atoms with Gasteiger partial charge in [-0.1, -0.05) is 11.3 Å². The van der Waals surface area contributed by atoms with Crippen LogP contribution in [0.25, 0.3) is 0 Å². The van der Waals surface area contributed by atoms with Crippen LogP contribution in [0.3, 0.4) is 0 Å². The van der Waals surface area contributed by atoms with Gasteiger partial charge in [-0.15, -0.1) is 5.10 Å². The van der Waals surface area contributed by atoms with E-state index in [0.717, 1.165) is 17.0 Å². The molecule has 2 aromatic rings. The number of carbonyl (C=O) groups excluding carboxylic acids is 1. The molecule has 2 heterocycles. The fraction of sp³-hybridized carbons (Fsp3) is 0.333. The average Bonchev–Trinajstić information content (AvgIpc) is 2.91. The Morgan fingerprint density at radius 2 is 2.44 bits per heavy atom. The maximum absolute atomic E-state index is 11.7. The SMILES string of the molecule is COc1n[nH]c(NC(=O)Cn2c(C)csc2=O)n1. The zero-order chi connectivity index (χ0) is 13.1. The van der Waals surface area contributed by atoms with Crippen molar-refractivity contribution in [1.82, 2.24) is 19.7 Å². The summed E-state index contributed by atoms with van der Waals surface area (Å²) in [5.41, 5.74) is 0.746. The second-order valence-electron chi connectivity index (χ2n) is 3.45. The summed E-state index contributed by atoms with van der Waals surface area (Å²) in [6, 6.07) is 0.134. The molecule has 0 aliphatic rings. The highest BCUT2D eigenvalue weighted by molar-refractivity contribution is 7.07. The van der Waals surface area contributed by atoms with Crippen LogP contribution in [-0.4, -0.2) is 32.8 Å². The predicted molar refractivity (Wildman–Crippen MR) is 64.9 cm³/mol. The standard InChI is InChI=1S/C9H11N5O3S/c1-5-4-18-9(16)14(5)3-6(15)10-7-11-8(17-2)13-12-7/h4H,3H2,1-2H3,(H2,10,11,12,13,15). The number of thiazole rings is 1. The Kier molecular flexibility index (Phi) is 3.42. The molecule has 1 amide bonds. The Hall–Kier alpha value is -2.16. The molecule has 0 aliphatic heterocycles. The second-order valence-corrected chi connectivity index (χ2v) is 4.27. The number of nitrogens with zero attached hydrogens (tertiary/aromatic N) is 3. The molecular weight excluding hydrogens is 258 g/mol. The van der Waals surface area contributed by atoms with Crippen LogP contribution in [0.15, 0.2) is 10.2 Å². The summed E-state index contributed by atoms with van der Waals surface area (Å²) < 4.78 is 6.14. The van der Waals surface area contributed by atoms with Crippen LogP contribution in [0.1, 0.15) is 5.69 Å². The van der Waals surface area contributed by atoms with E-state index < -0.39 is 0 Å². The van der Waals surface area contributed by atoms with Crippen LogP contribution >= 0.6 is 11.3 Å². The van der Waals surface area contributed by atoms with E-state index in [1.54, 1.807) is 12.3 Å². The third-order valence-corrected chi connectivity index (χ3v) is 3.06. The zero-order valence-corrected chi connectivity index (χ0v) is 10.6. The van der Waals surface area contributed by atoms with Gasteiger partial charge in [-0.25, -0.2) is 5.10 Å². The van der Waals surface area contributed by atoms with Crippen LogP contribution in [0.2, 0.25) is 0 Å². The Balaban J connectivity index is 2.03. The normalized spacial score (nSPS) is 10.3. The summed E-state index contributed by atoms with van der Waals surface area (Å²) in [5.74, 6) is -0.185. The van der Waals surface area contributed by atoms with E-state index in [1.165, 1.54) is 11.7 Å². The van der Waals surface area contributed by atoms with Crippen LogP contribution in [0, 0.1) is 6.92 Å². The number of anilines is 1. The van der Waals surface area contributed by atoms with Crippen LogP contribution in [-0.2, 0) is 11.3 Å². The highest BCUT2D eigenvalue weighted by Gasteiger charge is 2.11. The monoisotopic (exact) mass is 269 g/mol. The predicted octanol–water partition coefficient (Wildman–Crippen LogP) is -0.0164. The first-order valence-corrected chi connectivity index (χ1v) is 5.89. The number of aromatic nitrogens is 4. The second kappa shape index (κ2) is 5.00. The molecule has 0 saturated carbocycles. The summed E-state index contributed by atoms with van der Waals surface area (Å²) in [5, 5.41) is 10.4. The van der Waals surface area contributed by atoms with Crippen LogP contribution in [0.4, 0.5) is 5.95 Å². The number of rotatable bonds is 4. The highest BCUT2D eigenvalue weighted by Crippen LogP contribution is 2.05. The third kappa shape index (κ3) is 2.56. The molecule has 8 nitrogen and oxygen atoms in total. The summed E-state index contributed by atoms with van der Waals surface area (Å²) >= 11 is 1.06. The number of H-pyrrole nitrogens is 1. The molecule has 0 fully saturated rings. The summed E-state index contributed by atoms with van der Waals surface area (Å²) in [7, 11) is 1.42. The lowest BCUT2D eigenvalue weighted by molar-refractivity contribution is -0.116. The topological polar surface area (TPSA) is 102 Å². The number of amides is 1. The van der Waals surface area contributed by atoms with Crippen molar-refractivity contribution >= 4 is 23.2 Å². The summed E-state index contributed by atoms with van der Waals surface area (Å²) in [6.45, 7) is 1.71. The van der Waals surface area contributed by atoms with E-state index in [9.17, 15) is 9.59 Å². The largest absolute Gasteiger partial charge is 0.466 e. The Labute approximate surface area is 106 Å². The Morgan fingerprint density at radius 1 is 1.67 bits per heavy atom. The average molecular weight is 269 g/mol. The zero-order valence-electron chi connectivity index (χ0n) is 9.76. The number of methoxy groups -OCH3 is 1. The van der Waals surface area contributed by atoms with Gasteiger partial charge in [0.1, 0.15) is 6.54 Å². The van der Waals surface area contributed by atoms with E-state index >= 15 is 0 Å². The van der Waals surface area contributed by atoms with Crippen molar-refractivity contribution in [2.45, 2.75) is 13.5 Å². The van der Waals surface area contributed by atoms with Crippen molar-refractivity contribution in [1.29, 1.82) is 0 Å². The number of hydrogen-bond donors (Lipinski definition) is 2. The van der Waals surface area contributed by atoms with E-state index in [1.807, 2.05) is 0 Å². The number of aromatic amines is 1. The van der Waals surface area contributed by atoms with Gasteiger partial charge in [-0.3, -0.25) is 19.5 Å². The minimum Gasteiger partial charge on any atom is -0.466 e. The van der Waals surface area contributed by atoms with Gasteiger partial charge >= 0.3 is 10.9 Å². The molecule has 9 heteroatoms. The van der Waals surface area contributed by atoms with E-state index in [2.05, 4.69) is 20.5 Å². The molecule has 0 bridgehead atoms. The molecule has 2 N–H and O–H groups in total. The molecule has 2 rings (SSSR count). The quantitative estimate of drug-likeness (QED) is 0.812. The number of hydrogen-bond acceptors (Lipinski definition) is 6. The number of aryl methyl sites for hydroxylation is 1. The first-order valence-electron chi connectivity index (χ1n) is 5.01. The molecule has 2 aromatic heterocycles. The van der Waals surface area contributed by atoms with Crippen molar-refractivity contribution in [2.75, 3.05) is 12.4 Å². The van der Waals surface area contributed by atoms with Gasteiger partial charge in [0.2, 0.25) is 11.9 Å². The first-order chi connectivity index (χ1) is 8.60. The lowest BCUT2D eigenvalue weighted by Crippen LogP contribution is -2.25. The maximum atomic E-state index is 11.7. The number of ether oxygens (including phenoxy) is 1. The van der Waals surface area contributed by atoms with Gasteiger partial charge in [0.15, 0.2) is 0 Å². The van der Waals surface area contributed by atoms with Crippen LogP contribution < -0.4 is 14.9 Å².